The van der Waals surface area contributed by atoms with Crippen LogP contribution in [0.1, 0.15) is 46.0 Å². The Morgan fingerprint density at radius 3 is 2.17 bits per heavy atom. The number of nitrogens with zero attached hydrogens (tertiary/aromatic N) is 1. The van der Waals surface area contributed by atoms with Gasteiger partial charge in [-0.2, -0.15) is 0 Å². The van der Waals surface area contributed by atoms with Gasteiger partial charge in [-0.3, -0.25) is 4.90 Å². The lowest BCUT2D eigenvalue weighted by Gasteiger charge is -2.51. The van der Waals surface area contributed by atoms with Gasteiger partial charge in [-0.15, -0.1) is 0 Å². The number of likely N-dealkylation sites (tertiary alicyclic amines) is 1. The molecule has 1 aliphatic carbocycles. The molecule has 3 heteroatoms. The molecule has 1 heterocycles. The predicted octanol–water partition coefficient (Wildman–Crippen LogP) is 2.25. The highest BCUT2D eigenvalue weighted by atomic mass is 16.5. The zero-order chi connectivity index (χ0) is 13.2. The zero-order valence-electron chi connectivity index (χ0n) is 12.3. The molecule has 0 radical (unpaired) electrons. The second-order valence-corrected chi connectivity index (χ2v) is 6.71. The van der Waals surface area contributed by atoms with Crippen molar-refractivity contribution in [2.24, 2.45) is 17.6 Å². The molecule has 2 rings (SSSR count). The van der Waals surface area contributed by atoms with Crippen LogP contribution in [0.3, 0.4) is 0 Å². The minimum absolute atomic E-state index is 0.262. The summed E-state index contributed by atoms with van der Waals surface area (Å²) >= 11 is 0. The average Bonchev–Trinajstić information content (AvgIpc) is 2.37. The van der Waals surface area contributed by atoms with Gasteiger partial charge < -0.3 is 10.5 Å². The van der Waals surface area contributed by atoms with Crippen LogP contribution in [-0.4, -0.2) is 43.3 Å². The fourth-order valence-electron chi connectivity index (χ4n) is 4.06. The largest absolute Gasteiger partial charge is 0.381 e. The lowest BCUT2D eigenvalue weighted by molar-refractivity contribution is -0.0320. The van der Waals surface area contributed by atoms with Gasteiger partial charge in [-0.1, -0.05) is 13.8 Å². The monoisotopic (exact) mass is 254 g/mol. The fraction of sp³-hybridized carbons (Fsp3) is 1.00. The van der Waals surface area contributed by atoms with Crippen molar-refractivity contribution in [3.8, 4) is 0 Å². The molecule has 1 aliphatic heterocycles. The highest BCUT2D eigenvalue weighted by Crippen LogP contribution is 2.37. The van der Waals surface area contributed by atoms with E-state index in [0.717, 1.165) is 18.4 Å². The minimum atomic E-state index is 0.262. The van der Waals surface area contributed by atoms with Crippen LogP contribution in [0, 0.1) is 11.8 Å². The number of piperidine rings is 1. The van der Waals surface area contributed by atoms with Crippen LogP contribution >= 0.6 is 0 Å². The van der Waals surface area contributed by atoms with Gasteiger partial charge >= 0.3 is 0 Å². The molecule has 1 saturated carbocycles. The number of hydrogen-bond donors (Lipinski definition) is 1. The first-order valence-corrected chi connectivity index (χ1v) is 7.57. The summed E-state index contributed by atoms with van der Waals surface area (Å²) in [6, 6.07) is 0. The molecule has 2 N–H and O–H groups in total. The Morgan fingerprint density at radius 2 is 1.72 bits per heavy atom. The van der Waals surface area contributed by atoms with Crippen molar-refractivity contribution in [1.29, 1.82) is 0 Å². The van der Waals surface area contributed by atoms with Crippen LogP contribution in [0.2, 0.25) is 0 Å². The predicted molar refractivity (Wildman–Crippen MR) is 75.6 cm³/mol. The third-order valence-electron chi connectivity index (χ3n) is 5.12. The smallest absolute Gasteiger partial charge is 0.0572 e. The topological polar surface area (TPSA) is 38.5 Å². The molecular weight excluding hydrogens is 224 g/mol. The maximum absolute atomic E-state index is 6.16. The van der Waals surface area contributed by atoms with Crippen molar-refractivity contribution in [1.82, 2.24) is 4.90 Å². The van der Waals surface area contributed by atoms with Crippen molar-refractivity contribution in [3.63, 3.8) is 0 Å². The van der Waals surface area contributed by atoms with Crippen molar-refractivity contribution in [2.75, 3.05) is 26.7 Å². The molecule has 106 valence electrons. The Hall–Kier alpha value is -0.120. The third kappa shape index (κ3) is 2.89. The summed E-state index contributed by atoms with van der Waals surface area (Å²) in [4.78, 5) is 2.71. The summed E-state index contributed by atoms with van der Waals surface area (Å²) < 4.78 is 5.50. The molecule has 0 spiro atoms. The molecule has 0 aromatic carbocycles. The van der Waals surface area contributed by atoms with E-state index in [4.69, 9.17) is 10.5 Å². The molecule has 0 amide bonds. The highest BCUT2D eigenvalue weighted by molar-refractivity contribution is 4.98. The standard InChI is InChI=1S/C15H30N2O/c1-12-8-13(2)10-17(9-12)15(11-16)6-4-14(18-3)5-7-15/h12-14H,4-11,16H2,1-3H3. The van der Waals surface area contributed by atoms with Gasteiger partial charge in [0.2, 0.25) is 0 Å². The molecule has 2 atom stereocenters. The number of nitrogens with two attached hydrogens (primary N) is 1. The van der Waals surface area contributed by atoms with Crippen LogP contribution in [0.15, 0.2) is 0 Å². The maximum atomic E-state index is 6.16. The first-order valence-electron chi connectivity index (χ1n) is 7.57. The fourth-order valence-corrected chi connectivity index (χ4v) is 4.06. The van der Waals surface area contributed by atoms with Gasteiger partial charge in [0.15, 0.2) is 0 Å². The highest BCUT2D eigenvalue weighted by Gasteiger charge is 2.41. The summed E-state index contributed by atoms with van der Waals surface area (Å²) in [7, 11) is 1.84. The van der Waals surface area contributed by atoms with E-state index in [9.17, 15) is 0 Å². The molecule has 0 aromatic heterocycles. The molecule has 2 fully saturated rings. The Balaban J connectivity index is 2.03. The van der Waals surface area contributed by atoms with E-state index >= 15 is 0 Å². The second-order valence-electron chi connectivity index (χ2n) is 6.71. The first kappa shape index (κ1) is 14.3. The van der Waals surface area contributed by atoms with Gasteiger partial charge in [-0.05, 0) is 43.9 Å². The zero-order valence-corrected chi connectivity index (χ0v) is 12.3. The Bertz CT molecular complexity index is 251. The van der Waals surface area contributed by atoms with Gasteiger partial charge in [0.25, 0.3) is 0 Å². The van der Waals surface area contributed by atoms with E-state index in [1.165, 1.54) is 45.2 Å². The van der Waals surface area contributed by atoms with E-state index < -0.39 is 0 Å². The van der Waals surface area contributed by atoms with E-state index in [0.29, 0.717) is 6.10 Å². The van der Waals surface area contributed by atoms with Crippen molar-refractivity contribution in [3.05, 3.63) is 0 Å². The van der Waals surface area contributed by atoms with Gasteiger partial charge in [0.05, 0.1) is 6.10 Å². The van der Waals surface area contributed by atoms with Crippen LogP contribution in [0.5, 0.6) is 0 Å². The summed E-state index contributed by atoms with van der Waals surface area (Å²) in [5.74, 6) is 1.63. The lowest BCUT2D eigenvalue weighted by Crippen LogP contribution is -2.59. The van der Waals surface area contributed by atoms with Crippen LogP contribution in [-0.2, 0) is 4.74 Å². The minimum Gasteiger partial charge on any atom is -0.381 e. The normalized spacial score (nSPS) is 43.0. The number of ether oxygens (including phenoxy) is 1. The summed E-state index contributed by atoms with van der Waals surface area (Å²) in [5.41, 5.74) is 6.43. The maximum Gasteiger partial charge on any atom is 0.0572 e. The van der Waals surface area contributed by atoms with Gasteiger partial charge in [-0.25, -0.2) is 0 Å². The van der Waals surface area contributed by atoms with Crippen molar-refractivity contribution < 1.29 is 4.74 Å². The van der Waals surface area contributed by atoms with Crippen molar-refractivity contribution >= 4 is 0 Å². The lowest BCUT2D eigenvalue weighted by atomic mass is 9.76. The van der Waals surface area contributed by atoms with Crippen molar-refractivity contribution in [2.45, 2.75) is 57.6 Å². The molecule has 1 saturated heterocycles. The first-order chi connectivity index (χ1) is 8.59. The SMILES string of the molecule is COC1CCC(CN)(N2CC(C)CC(C)C2)CC1. The Morgan fingerprint density at radius 1 is 1.17 bits per heavy atom. The average molecular weight is 254 g/mol. The number of methoxy groups -OCH3 is 1. The summed E-state index contributed by atoms with van der Waals surface area (Å²) in [6.07, 6.45) is 6.60. The van der Waals surface area contributed by atoms with E-state index in [-0.39, 0.29) is 5.54 Å². The molecule has 0 bridgehead atoms. The van der Waals surface area contributed by atoms with Gasteiger partial charge in [0, 0.05) is 32.3 Å². The summed E-state index contributed by atoms with van der Waals surface area (Å²) in [6.45, 7) is 8.04. The Kier molecular flexibility index (Phi) is 4.68. The molecule has 2 unspecified atom stereocenters. The molecule has 3 nitrogen and oxygen atoms in total. The number of hydrogen-bond acceptors (Lipinski definition) is 3. The molecular formula is C15H30N2O. The van der Waals surface area contributed by atoms with E-state index in [1.54, 1.807) is 0 Å². The second kappa shape index (κ2) is 5.89. The summed E-state index contributed by atoms with van der Waals surface area (Å²) in [5, 5.41) is 0. The van der Waals surface area contributed by atoms with E-state index in [1.807, 2.05) is 7.11 Å². The van der Waals surface area contributed by atoms with E-state index in [2.05, 4.69) is 18.7 Å². The van der Waals surface area contributed by atoms with Crippen LogP contribution in [0.25, 0.3) is 0 Å². The van der Waals surface area contributed by atoms with Crippen LogP contribution in [0.4, 0.5) is 0 Å². The van der Waals surface area contributed by atoms with Gasteiger partial charge in [0.1, 0.15) is 0 Å². The molecule has 2 aliphatic rings. The Labute approximate surface area is 112 Å². The number of rotatable bonds is 3. The molecule has 0 aromatic rings. The quantitative estimate of drug-likeness (QED) is 0.839. The molecule has 18 heavy (non-hydrogen) atoms. The van der Waals surface area contributed by atoms with Crippen LogP contribution < -0.4 is 5.73 Å². The third-order valence-corrected chi connectivity index (χ3v) is 5.12.